The molecule has 3 aromatic rings. The van der Waals surface area contributed by atoms with E-state index in [2.05, 4.69) is 10.3 Å². The highest BCUT2D eigenvalue weighted by Gasteiger charge is 2.17. The van der Waals surface area contributed by atoms with Crippen LogP contribution in [0.1, 0.15) is 24.8 Å². The van der Waals surface area contributed by atoms with Gasteiger partial charge in [-0.3, -0.25) is 9.13 Å². The number of aryl methyl sites for hydroxylation is 3. The molecule has 1 aliphatic rings. The van der Waals surface area contributed by atoms with Crippen LogP contribution in [0.2, 0.25) is 5.02 Å². The zero-order valence-electron chi connectivity index (χ0n) is 16.2. The molecule has 1 aromatic carbocycles. The highest BCUT2D eigenvalue weighted by molar-refractivity contribution is 6.30. The van der Waals surface area contributed by atoms with Gasteiger partial charge in [0.05, 0.1) is 17.2 Å². The Balaban J connectivity index is 1.62. The summed E-state index contributed by atoms with van der Waals surface area (Å²) in [5.41, 5.74) is 3.74. The smallest absolute Gasteiger partial charge is 0.328 e. The molecule has 0 aliphatic carbocycles. The molecule has 1 saturated heterocycles. The lowest BCUT2D eigenvalue weighted by molar-refractivity contribution is 0.0626. The van der Waals surface area contributed by atoms with Crippen LogP contribution in [0.5, 0.6) is 0 Å². The first kappa shape index (κ1) is 19.0. The number of hydrogen-bond donors (Lipinski definition) is 1. The van der Waals surface area contributed by atoms with Crippen LogP contribution in [-0.4, -0.2) is 27.3 Å². The summed E-state index contributed by atoms with van der Waals surface area (Å²) in [6, 6.07) is 7.65. The third-order valence-corrected chi connectivity index (χ3v) is 5.82. The van der Waals surface area contributed by atoms with Crippen molar-refractivity contribution in [2.75, 3.05) is 18.5 Å². The van der Waals surface area contributed by atoms with Gasteiger partial charge in [-0.2, -0.15) is 0 Å². The maximum atomic E-state index is 12.8. The lowest BCUT2D eigenvalue weighted by atomic mass is 9.97. The second-order valence-electron chi connectivity index (χ2n) is 7.48. The number of fused-ring (bicyclic) bond motifs is 1. The van der Waals surface area contributed by atoms with E-state index in [0.717, 1.165) is 54.8 Å². The fourth-order valence-corrected chi connectivity index (χ4v) is 4.06. The summed E-state index contributed by atoms with van der Waals surface area (Å²) in [6.45, 7) is 4.37. The number of pyridine rings is 1. The predicted molar refractivity (Wildman–Crippen MR) is 113 cm³/mol. The van der Waals surface area contributed by atoms with Gasteiger partial charge in [0.1, 0.15) is 5.82 Å². The Labute approximate surface area is 169 Å². The molecule has 0 bridgehead atoms. The van der Waals surface area contributed by atoms with E-state index in [1.807, 2.05) is 35.8 Å². The van der Waals surface area contributed by atoms with Crippen LogP contribution in [0.4, 0.5) is 11.5 Å². The summed E-state index contributed by atoms with van der Waals surface area (Å²) in [6.07, 6.45) is 4.90. The van der Waals surface area contributed by atoms with Crippen LogP contribution in [0.3, 0.4) is 0 Å². The number of benzene rings is 1. The molecule has 1 aliphatic heterocycles. The van der Waals surface area contributed by atoms with Crippen LogP contribution in [-0.2, 0) is 18.3 Å². The first-order valence-electron chi connectivity index (χ1n) is 9.69. The molecule has 2 aromatic heterocycles. The van der Waals surface area contributed by atoms with Crippen molar-refractivity contribution in [1.82, 2.24) is 14.1 Å². The maximum absolute atomic E-state index is 12.8. The second-order valence-corrected chi connectivity index (χ2v) is 7.92. The van der Waals surface area contributed by atoms with Crippen LogP contribution in [0.15, 0.2) is 35.3 Å². The van der Waals surface area contributed by atoms with E-state index in [-0.39, 0.29) is 5.69 Å². The number of aromatic nitrogens is 3. The summed E-state index contributed by atoms with van der Waals surface area (Å²) < 4.78 is 8.98. The molecule has 0 unspecified atom stereocenters. The number of imidazole rings is 1. The lowest BCUT2D eigenvalue weighted by Crippen LogP contribution is -2.24. The Morgan fingerprint density at radius 1 is 1.25 bits per heavy atom. The Kier molecular flexibility index (Phi) is 5.42. The SMILES string of the molecule is Cc1cc(Cl)ccc1Nc1cc2c(cn1)n(C)c(=O)n2CCC1CCOCC1. The number of nitrogens with one attached hydrogen (secondary N) is 1. The Bertz CT molecular complexity index is 1050. The number of halogens is 1. The van der Waals surface area contributed by atoms with Crippen LogP contribution in [0.25, 0.3) is 11.0 Å². The average molecular weight is 401 g/mol. The lowest BCUT2D eigenvalue weighted by Gasteiger charge is -2.21. The van der Waals surface area contributed by atoms with Gasteiger partial charge in [0, 0.05) is 43.6 Å². The minimum Gasteiger partial charge on any atom is -0.381 e. The molecule has 1 fully saturated rings. The second kappa shape index (κ2) is 7.97. The summed E-state index contributed by atoms with van der Waals surface area (Å²) in [4.78, 5) is 17.3. The molecule has 0 amide bonds. The molecule has 1 N–H and O–H groups in total. The summed E-state index contributed by atoms with van der Waals surface area (Å²) in [5, 5.41) is 4.05. The van der Waals surface area contributed by atoms with Gasteiger partial charge in [0.25, 0.3) is 0 Å². The monoisotopic (exact) mass is 400 g/mol. The number of nitrogens with zero attached hydrogens (tertiary/aromatic N) is 3. The number of anilines is 2. The minimum absolute atomic E-state index is 0.00341. The topological polar surface area (TPSA) is 61.1 Å². The molecule has 0 spiro atoms. The van der Waals surface area contributed by atoms with Crippen molar-refractivity contribution in [1.29, 1.82) is 0 Å². The van der Waals surface area contributed by atoms with Crippen molar-refractivity contribution in [2.24, 2.45) is 13.0 Å². The summed E-state index contributed by atoms with van der Waals surface area (Å²) in [5.74, 6) is 1.33. The van der Waals surface area contributed by atoms with Crippen molar-refractivity contribution in [2.45, 2.75) is 32.7 Å². The minimum atomic E-state index is 0.00341. The van der Waals surface area contributed by atoms with E-state index in [9.17, 15) is 4.79 Å². The van der Waals surface area contributed by atoms with Crippen LogP contribution in [0, 0.1) is 12.8 Å². The van der Waals surface area contributed by atoms with E-state index in [4.69, 9.17) is 16.3 Å². The molecule has 0 saturated carbocycles. The Morgan fingerprint density at radius 3 is 2.79 bits per heavy atom. The third kappa shape index (κ3) is 3.80. The molecule has 148 valence electrons. The van der Waals surface area contributed by atoms with E-state index in [0.29, 0.717) is 23.3 Å². The van der Waals surface area contributed by atoms with Crippen molar-refractivity contribution in [3.63, 3.8) is 0 Å². The van der Waals surface area contributed by atoms with Crippen molar-refractivity contribution in [3.05, 3.63) is 51.5 Å². The maximum Gasteiger partial charge on any atom is 0.328 e. The van der Waals surface area contributed by atoms with Gasteiger partial charge in [-0.25, -0.2) is 9.78 Å². The molecule has 4 rings (SSSR count). The van der Waals surface area contributed by atoms with E-state index < -0.39 is 0 Å². The van der Waals surface area contributed by atoms with Gasteiger partial charge in [-0.15, -0.1) is 0 Å². The first-order valence-corrected chi connectivity index (χ1v) is 10.1. The van der Waals surface area contributed by atoms with Gasteiger partial charge < -0.3 is 10.1 Å². The summed E-state index contributed by atoms with van der Waals surface area (Å²) >= 11 is 6.05. The van der Waals surface area contributed by atoms with Gasteiger partial charge in [0.15, 0.2) is 0 Å². The zero-order chi connectivity index (χ0) is 19.7. The number of ether oxygens (including phenoxy) is 1. The van der Waals surface area contributed by atoms with E-state index in [1.165, 1.54) is 0 Å². The van der Waals surface area contributed by atoms with Crippen LogP contribution >= 0.6 is 11.6 Å². The largest absolute Gasteiger partial charge is 0.381 e. The Hall–Kier alpha value is -2.31. The molecular formula is C21H25ClN4O2. The molecular weight excluding hydrogens is 376 g/mol. The first-order chi connectivity index (χ1) is 13.5. The fourth-order valence-electron chi connectivity index (χ4n) is 3.84. The zero-order valence-corrected chi connectivity index (χ0v) is 17.0. The standard InChI is InChI=1S/C21H25ClN4O2/c1-14-11-16(22)3-4-17(14)24-20-12-18-19(13-23-20)25(2)21(27)26(18)8-5-15-6-9-28-10-7-15/h3-4,11-13,15H,5-10H2,1-2H3,(H,23,24). The predicted octanol–water partition coefficient (Wildman–Crippen LogP) is 4.26. The van der Waals surface area contributed by atoms with Crippen molar-refractivity contribution < 1.29 is 4.74 Å². The number of rotatable bonds is 5. The highest BCUT2D eigenvalue weighted by atomic mass is 35.5. The van der Waals surface area contributed by atoms with Gasteiger partial charge in [-0.05, 0) is 55.9 Å². The van der Waals surface area contributed by atoms with Gasteiger partial charge in [0.2, 0.25) is 0 Å². The van der Waals surface area contributed by atoms with E-state index in [1.54, 1.807) is 17.8 Å². The normalized spacial score (nSPS) is 15.2. The van der Waals surface area contributed by atoms with Crippen LogP contribution < -0.4 is 11.0 Å². The fraction of sp³-hybridized carbons (Fsp3) is 0.429. The summed E-state index contributed by atoms with van der Waals surface area (Å²) in [7, 11) is 1.80. The van der Waals surface area contributed by atoms with Gasteiger partial charge in [-0.1, -0.05) is 11.6 Å². The molecule has 0 radical (unpaired) electrons. The van der Waals surface area contributed by atoms with Crippen molar-refractivity contribution in [3.8, 4) is 0 Å². The molecule has 28 heavy (non-hydrogen) atoms. The molecule has 7 heteroatoms. The Morgan fingerprint density at radius 2 is 2.04 bits per heavy atom. The van der Waals surface area contributed by atoms with Gasteiger partial charge >= 0.3 is 5.69 Å². The molecule has 6 nitrogen and oxygen atoms in total. The average Bonchev–Trinajstić information content (AvgIpc) is 2.93. The third-order valence-electron chi connectivity index (χ3n) is 5.58. The quantitative estimate of drug-likeness (QED) is 0.695. The molecule has 3 heterocycles. The number of hydrogen-bond acceptors (Lipinski definition) is 4. The highest BCUT2D eigenvalue weighted by Crippen LogP contribution is 2.25. The molecule has 0 atom stereocenters. The van der Waals surface area contributed by atoms with Crippen molar-refractivity contribution >= 4 is 34.1 Å². The van der Waals surface area contributed by atoms with E-state index >= 15 is 0 Å².